The minimum Gasteiger partial charge on any atom is -0.493 e. The van der Waals surface area contributed by atoms with Gasteiger partial charge >= 0.3 is 0 Å². The van der Waals surface area contributed by atoms with Crippen LogP contribution in [0.2, 0.25) is 0 Å². The largest absolute Gasteiger partial charge is 0.493 e. The van der Waals surface area contributed by atoms with E-state index in [4.69, 9.17) is 9.47 Å². The van der Waals surface area contributed by atoms with E-state index in [0.717, 1.165) is 36.8 Å². The number of aryl methyl sites for hydroxylation is 2. The highest BCUT2D eigenvalue weighted by Gasteiger charge is 2.24. The van der Waals surface area contributed by atoms with Crippen molar-refractivity contribution in [2.24, 2.45) is 0 Å². The van der Waals surface area contributed by atoms with Crippen molar-refractivity contribution >= 4 is 22.4 Å². The Morgan fingerprint density at radius 2 is 2.12 bits per heavy atom. The third-order valence-corrected chi connectivity index (χ3v) is 5.64. The van der Waals surface area contributed by atoms with Gasteiger partial charge in [-0.3, -0.25) is 4.79 Å². The van der Waals surface area contributed by atoms with E-state index in [1.54, 1.807) is 24.5 Å². The third-order valence-electron chi connectivity index (χ3n) is 4.50. The molecule has 26 heavy (non-hydrogen) atoms. The van der Waals surface area contributed by atoms with Crippen molar-refractivity contribution in [3.05, 3.63) is 34.8 Å². The van der Waals surface area contributed by atoms with Gasteiger partial charge in [-0.1, -0.05) is 12.1 Å². The minimum absolute atomic E-state index is 0.0215. The Kier molecular flexibility index (Phi) is 5.98. The van der Waals surface area contributed by atoms with Gasteiger partial charge in [-0.2, -0.15) is 0 Å². The van der Waals surface area contributed by atoms with E-state index in [1.165, 1.54) is 4.88 Å². The Balaban J connectivity index is 1.52. The highest BCUT2D eigenvalue weighted by Crippen LogP contribution is 2.28. The molecule has 2 heterocycles. The fourth-order valence-electron chi connectivity index (χ4n) is 3.01. The number of thiazole rings is 1. The lowest BCUT2D eigenvalue weighted by atomic mass is 10.1. The maximum Gasteiger partial charge on any atom is 0.258 e. The van der Waals surface area contributed by atoms with E-state index >= 15 is 0 Å². The molecule has 0 radical (unpaired) electrons. The van der Waals surface area contributed by atoms with Crippen LogP contribution >= 0.6 is 11.3 Å². The summed E-state index contributed by atoms with van der Waals surface area (Å²) in [5.41, 5.74) is 1.08. The smallest absolute Gasteiger partial charge is 0.258 e. The Hall–Kier alpha value is -2.28. The van der Waals surface area contributed by atoms with Crippen molar-refractivity contribution in [1.29, 1.82) is 0 Å². The number of carbonyl (C=O) groups excluding carboxylic acids is 1. The van der Waals surface area contributed by atoms with Crippen LogP contribution < -0.4 is 19.7 Å². The van der Waals surface area contributed by atoms with Crippen LogP contribution in [0.15, 0.2) is 24.3 Å². The fourth-order valence-corrected chi connectivity index (χ4v) is 3.96. The zero-order chi connectivity index (χ0) is 18.5. The molecule has 1 N–H and O–H groups in total. The molecule has 1 aromatic heterocycles. The van der Waals surface area contributed by atoms with E-state index < -0.39 is 0 Å². The molecule has 1 saturated heterocycles. The van der Waals surface area contributed by atoms with Crippen LogP contribution in [0, 0.1) is 13.8 Å². The van der Waals surface area contributed by atoms with Crippen LogP contribution in [-0.2, 0) is 4.79 Å². The molecule has 1 amide bonds. The number of ether oxygens (including phenoxy) is 2. The van der Waals surface area contributed by atoms with E-state index in [0.29, 0.717) is 11.5 Å². The van der Waals surface area contributed by atoms with Crippen molar-refractivity contribution < 1.29 is 14.3 Å². The zero-order valence-corrected chi connectivity index (χ0v) is 16.3. The molecule has 2 aromatic rings. The van der Waals surface area contributed by atoms with Crippen molar-refractivity contribution in [2.75, 3.05) is 31.7 Å². The van der Waals surface area contributed by atoms with Crippen LogP contribution in [0.5, 0.6) is 11.5 Å². The molecule has 6 nitrogen and oxygen atoms in total. The SMILES string of the molecule is COc1ccccc1OCC(=O)NC1CCCN(c2nc(C)c(C)s2)C1. The van der Waals surface area contributed by atoms with Crippen LogP contribution in [0.1, 0.15) is 23.4 Å². The second-order valence-corrected chi connectivity index (χ2v) is 7.61. The number of anilines is 1. The second-order valence-electron chi connectivity index (χ2n) is 6.43. The fraction of sp³-hybridized carbons (Fsp3) is 0.474. The summed E-state index contributed by atoms with van der Waals surface area (Å²) >= 11 is 1.72. The lowest BCUT2D eigenvalue weighted by Gasteiger charge is -2.33. The molecule has 1 aliphatic rings. The summed E-state index contributed by atoms with van der Waals surface area (Å²) in [5.74, 6) is 1.08. The molecule has 0 saturated carbocycles. The monoisotopic (exact) mass is 375 g/mol. The Morgan fingerprint density at radius 1 is 1.35 bits per heavy atom. The Morgan fingerprint density at radius 3 is 2.81 bits per heavy atom. The predicted octanol–water partition coefficient (Wildman–Crippen LogP) is 2.93. The summed E-state index contributed by atoms with van der Waals surface area (Å²) in [5, 5.41) is 4.12. The van der Waals surface area contributed by atoms with Crippen molar-refractivity contribution in [3.63, 3.8) is 0 Å². The molecule has 1 aromatic carbocycles. The second kappa shape index (κ2) is 8.40. The zero-order valence-electron chi connectivity index (χ0n) is 15.4. The number of carbonyl (C=O) groups is 1. The summed E-state index contributed by atoms with van der Waals surface area (Å²) in [6.07, 6.45) is 2.01. The first-order valence-corrected chi connectivity index (χ1v) is 9.62. The maximum atomic E-state index is 12.3. The van der Waals surface area contributed by atoms with Gasteiger partial charge in [-0.25, -0.2) is 4.98 Å². The summed E-state index contributed by atoms with van der Waals surface area (Å²) in [6, 6.07) is 7.44. The number of aromatic nitrogens is 1. The van der Waals surface area contributed by atoms with Gasteiger partial charge in [-0.05, 0) is 38.8 Å². The topological polar surface area (TPSA) is 63.7 Å². The molecule has 1 fully saturated rings. The Bertz CT molecular complexity index is 743. The Labute approximate surface area is 158 Å². The summed E-state index contributed by atoms with van der Waals surface area (Å²) < 4.78 is 10.8. The number of hydrogen-bond donors (Lipinski definition) is 1. The highest BCUT2D eigenvalue weighted by molar-refractivity contribution is 7.15. The van der Waals surface area contributed by atoms with E-state index in [9.17, 15) is 4.79 Å². The number of hydrogen-bond acceptors (Lipinski definition) is 6. The molecule has 1 unspecified atom stereocenters. The normalized spacial score (nSPS) is 17.0. The van der Waals surface area contributed by atoms with Gasteiger partial charge in [0, 0.05) is 24.0 Å². The van der Waals surface area contributed by atoms with E-state index in [1.807, 2.05) is 25.1 Å². The van der Waals surface area contributed by atoms with Gasteiger partial charge in [-0.15, -0.1) is 11.3 Å². The van der Waals surface area contributed by atoms with Gasteiger partial charge in [0.1, 0.15) is 0 Å². The molecule has 0 bridgehead atoms. The van der Waals surface area contributed by atoms with Gasteiger partial charge < -0.3 is 19.7 Å². The number of nitrogens with zero attached hydrogens (tertiary/aromatic N) is 2. The van der Waals surface area contributed by atoms with Crippen LogP contribution in [0.3, 0.4) is 0 Å². The molecule has 7 heteroatoms. The summed E-state index contributed by atoms with van der Waals surface area (Å²) in [7, 11) is 1.58. The number of rotatable bonds is 6. The molecular weight excluding hydrogens is 350 g/mol. The quantitative estimate of drug-likeness (QED) is 0.841. The third kappa shape index (κ3) is 4.46. The number of piperidine rings is 1. The van der Waals surface area contributed by atoms with E-state index in [-0.39, 0.29) is 18.6 Å². The molecule has 1 atom stereocenters. The molecule has 3 rings (SSSR count). The van der Waals surface area contributed by atoms with Crippen molar-refractivity contribution in [1.82, 2.24) is 10.3 Å². The van der Waals surface area contributed by atoms with Crippen molar-refractivity contribution in [2.45, 2.75) is 32.7 Å². The van der Waals surface area contributed by atoms with E-state index in [2.05, 4.69) is 22.1 Å². The molecule has 1 aliphatic heterocycles. The maximum absolute atomic E-state index is 12.3. The van der Waals surface area contributed by atoms with Gasteiger partial charge in [0.2, 0.25) is 0 Å². The number of amides is 1. The molecular formula is C19H25N3O3S. The summed E-state index contributed by atoms with van der Waals surface area (Å²) in [6.45, 7) is 5.87. The molecule has 0 spiro atoms. The predicted molar refractivity (Wildman–Crippen MR) is 103 cm³/mol. The van der Waals surface area contributed by atoms with Crippen molar-refractivity contribution in [3.8, 4) is 11.5 Å². The molecule has 140 valence electrons. The lowest BCUT2D eigenvalue weighted by Crippen LogP contribution is -2.49. The number of nitrogens with one attached hydrogen (secondary N) is 1. The van der Waals surface area contributed by atoms with Crippen LogP contribution in [0.4, 0.5) is 5.13 Å². The average molecular weight is 375 g/mol. The minimum atomic E-state index is -0.116. The van der Waals surface area contributed by atoms with Gasteiger partial charge in [0.25, 0.3) is 5.91 Å². The van der Waals surface area contributed by atoms with Crippen LogP contribution in [0.25, 0.3) is 0 Å². The first-order valence-electron chi connectivity index (χ1n) is 8.81. The molecule has 0 aliphatic carbocycles. The number of para-hydroxylation sites is 2. The first-order chi connectivity index (χ1) is 12.6. The highest BCUT2D eigenvalue weighted by atomic mass is 32.1. The summed E-state index contributed by atoms with van der Waals surface area (Å²) in [4.78, 5) is 20.4. The lowest BCUT2D eigenvalue weighted by molar-refractivity contribution is -0.123. The standard InChI is InChI=1S/C19H25N3O3S/c1-13-14(2)26-19(20-13)22-10-6-7-15(11-22)21-18(23)12-25-17-9-5-4-8-16(17)24-3/h4-5,8-9,15H,6-7,10-12H2,1-3H3,(H,21,23). The number of methoxy groups -OCH3 is 1. The van der Waals surface area contributed by atoms with Gasteiger partial charge in [0.15, 0.2) is 23.2 Å². The first kappa shape index (κ1) is 18.5. The average Bonchev–Trinajstić information content (AvgIpc) is 2.99. The van der Waals surface area contributed by atoms with Crippen LogP contribution in [-0.4, -0.2) is 43.7 Å². The number of benzene rings is 1. The van der Waals surface area contributed by atoms with Gasteiger partial charge in [0.05, 0.1) is 12.8 Å².